The molecule has 0 saturated carbocycles. The Kier molecular flexibility index (Phi) is 3.48. The van der Waals surface area contributed by atoms with Gasteiger partial charge in [0.2, 0.25) is 6.20 Å². The average molecular weight is 214 g/mol. The SMILES string of the molecule is COc1cccc(C=C[N+](=O)[O-])c1Cl. The maximum atomic E-state index is 10.1. The van der Waals surface area contributed by atoms with Crippen LogP contribution < -0.4 is 4.74 Å². The number of nitro groups is 1. The highest BCUT2D eigenvalue weighted by Crippen LogP contribution is 2.28. The Morgan fingerprint density at radius 2 is 2.29 bits per heavy atom. The van der Waals surface area contributed by atoms with Crippen LogP contribution in [0.15, 0.2) is 24.4 Å². The Hall–Kier alpha value is -1.55. The van der Waals surface area contributed by atoms with Crippen LogP contribution in [0, 0.1) is 10.1 Å². The molecule has 0 aliphatic rings. The van der Waals surface area contributed by atoms with Crippen molar-refractivity contribution in [3.05, 3.63) is 45.1 Å². The summed E-state index contributed by atoms with van der Waals surface area (Å²) < 4.78 is 4.96. The molecule has 14 heavy (non-hydrogen) atoms. The summed E-state index contributed by atoms with van der Waals surface area (Å²) >= 11 is 5.89. The maximum absolute atomic E-state index is 10.1. The number of methoxy groups -OCH3 is 1. The van der Waals surface area contributed by atoms with E-state index in [0.717, 1.165) is 6.20 Å². The molecular weight excluding hydrogens is 206 g/mol. The first kappa shape index (κ1) is 10.5. The number of benzene rings is 1. The zero-order valence-corrected chi connectivity index (χ0v) is 8.19. The van der Waals surface area contributed by atoms with Crippen molar-refractivity contribution < 1.29 is 9.66 Å². The van der Waals surface area contributed by atoms with Gasteiger partial charge < -0.3 is 4.74 Å². The summed E-state index contributed by atoms with van der Waals surface area (Å²) in [5.41, 5.74) is 0.558. The van der Waals surface area contributed by atoms with Crippen LogP contribution in [0.2, 0.25) is 5.02 Å². The number of ether oxygens (including phenoxy) is 1. The molecule has 0 aromatic heterocycles. The van der Waals surface area contributed by atoms with Crippen LogP contribution in [0.4, 0.5) is 0 Å². The Morgan fingerprint density at radius 3 is 2.86 bits per heavy atom. The fourth-order valence-electron chi connectivity index (χ4n) is 0.955. The van der Waals surface area contributed by atoms with Gasteiger partial charge in [0.1, 0.15) is 5.75 Å². The highest BCUT2D eigenvalue weighted by atomic mass is 35.5. The van der Waals surface area contributed by atoms with E-state index in [1.165, 1.54) is 13.2 Å². The van der Waals surface area contributed by atoms with Crippen LogP contribution in [0.5, 0.6) is 5.75 Å². The van der Waals surface area contributed by atoms with Gasteiger partial charge in [0, 0.05) is 11.6 Å². The Balaban J connectivity index is 3.03. The zero-order chi connectivity index (χ0) is 10.6. The van der Waals surface area contributed by atoms with Crippen molar-refractivity contribution in [2.75, 3.05) is 7.11 Å². The van der Waals surface area contributed by atoms with Crippen molar-refractivity contribution in [1.29, 1.82) is 0 Å². The molecule has 4 nitrogen and oxygen atoms in total. The van der Waals surface area contributed by atoms with Crippen molar-refractivity contribution in [2.45, 2.75) is 0 Å². The van der Waals surface area contributed by atoms with Crippen molar-refractivity contribution in [1.82, 2.24) is 0 Å². The van der Waals surface area contributed by atoms with Crippen molar-refractivity contribution in [3.8, 4) is 5.75 Å². The third kappa shape index (κ3) is 2.47. The normalized spacial score (nSPS) is 10.4. The fraction of sp³-hybridized carbons (Fsp3) is 0.111. The summed E-state index contributed by atoms with van der Waals surface area (Å²) in [4.78, 5) is 9.54. The summed E-state index contributed by atoms with van der Waals surface area (Å²) in [5, 5.41) is 10.5. The standard InChI is InChI=1S/C9H8ClNO3/c1-14-8-4-2-3-7(9(8)10)5-6-11(12)13/h2-6H,1H3. The van der Waals surface area contributed by atoms with Crippen molar-refractivity contribution in [3.63, 3.8) is 0 Å². The van der Waals surface area contributed by atoms with Gasteiger partial charge in [-0.25, -0.2) is 0 Å². The lowest BCUT2D eigenvalue weighted by Crippen LogP contribution is -1.87. The molecule has 5 heteroatoms. The lowest BCUT2D eigenvalue weighted by molar-refractivity contribution is -0.400. The van der Waals surface area contributed by atoms with Crippen LogP contribution in [0.3, 0.4) is 0 Å². The molecule has 0 heterocycles. The van der Waals surface area contributed by atoms with E-state index in [1.54, 1.807) is 18.2 Å². The van der Waals surface area contributed by atoms with Crippen LogP contribution in [0.1, 0.15) is 5.56 Å². The number of nitrogens with zero attached hydrogens (tertiary/aromatic N) is 1. The smallest absolute Gasteiger partial charge is 0.235 e. The van der Waals surface area contributed by atoms with E-state index < -0.39 is 4.92 Å². The summed E-state index contributed by atoms with van der Waals surface area (Å²) in [6.07, 6.45) is 2.16. The highest BCUT2D eigenvalue weighted by molar-refractivity contribution is 6.33. The minimum Gasteiger partial charge on any atom is -0.495 e. The van der Waals surface area contributed by atoms with Crippen LogP contribution >= 0.6 is 11.6 Å². The second-order valence-corrected chi connectivity index (χ2v) is 2.84. The van der Waals surface area contributed by atoms with Gasteiger partial charge in [-0.15, -0.1) is 0 Å². The lowest BCUT2D eigenvalue weighted by Gasteiger charge is -2.03. The number of halogens is 1. The lowest BCUT2D eigenvalue weighted by atomic mass is 10.2. The van der Waals surface area contributed by atoms with E-state index in [-0.39, 0.29) is 0 Å². The number of hydrogen-bond acceptors (Lipinski definition) is 3. The van der Waals surface area contributed by atoms with Crippen LogP contribution in [-0.4, -0.2) is 12.0 Å². The van der Waals surface area contributed by atoms with Crippen LogP contribution in [-0.2, 0) is 0 Å². The van der Waals surface area contributed by atoms with E-state index >= 15 is 0 Å². The van der Waals surface area contributed by atoms with Crippen molar-refractivity contribution >= 4 is 17.7 Å². The molecule has 74 valence electrons. The van der Waals surface area contributed by atoms with Gasteiger partial charge in [-0.1, -0.05) is 23.7 Å². The molecule has 0 saturated heterocycles. The van der Waals surface area contributed by atoms with Crippen molar-refractivity contribution in [2.24, 2.45) is 0 Å². The van der Waals surface area contributed by atoms with Gasteiger partial charge in [-0.3, -0.25) is 10.1 Å². The topological polar surface area (TPSA) is 52.4 Å². The second-order valence-electron chi connectivity index (χ2n) is 2.46. The minimum absolute atomic E-state index is 0.369. The largest absolute Gasteiger partial charge is 0.495 e. The molecule has 1 aromatic rings. The monoisotopic (exact) mass is 213 g/mol. The van der Waals surface area contributed by atoms with Gasteiger partial charge in [0.25, 0.3) is 0 Å². The maximum Gasteiger partial charge on any atom is 0.235 e. The molecule has 1 rings (SSSR count). The molecule has 0 atom stereocenters. The highest BCUT2D eigenvalue weighted by Gasteiger charge is 2.03. The molecule has 0 aliphatic carbocycles. The first-order valence-corrected chi connectivity index (χ1v) is 4.17. The van der Waals surface area contributed by atoms with E-state index in [4.69, 9.17) is 16.3 Å². The third-order valence-corrected chi connectivity index (χ3v) is 1.99. The summed E-state index contributed by atoms with van der Waals surface area (Å²) in [6, 6.07) is 5.07. The predicted octanol–water partition coefficient (Wildman–Crippen LogP) is 2.60. The molecule has 0 amide bonds. The summed E-state index contributed by atoms with van der Waals surface area (Å²) in [7, 11) is 1.49. The summed E-state index contributed by atoms with van der Waals surface area (Å²) in [5.74, 6) is 0.497. The first-order chi connectivity index (χ1) is 6.65. The van der Waals surface area contributed by atoms with E-state index in [2.05, 4.69) is 0 Å². The van der Waals surface area contributed by atoms with Gasteiger partial charge in [0.05, 0.1) is 17.1 Å². The molecule has 1 aromatic carbocycles. The number of hydrogen-bond donors (Lipinski definition) is 0. The first-order valence-electron chi connectivity index (χ1n) is 3.79. The van der Waals surface area contributed by atoms with Gasteiger partial charge in [-0.2, -0.15) is 0 Å². The van der Waals surface area contributed by atoms with Gasteiger partial charge >= 0.3 is 0 Å². The minimum atomic E-state index is -0.546. The molecule has 0 bridgehead atoms. The summed E-state index contributed by atoms with van der Waals surface area (Å²) in [6.45, 7) is 0. The van der Waals surface area contributed by atoms with Gasteiger partial charge in [-0.05, 0) is 6.07 Å². The Bertz CT molecular complexity index is 376. The second kappa shape index (κ2) is 4.62. The molecule has 0 aliphatic heterocycles. The third-order valence-electron chi connectivity index (χ3n) is 1.59. The average Bonchev–Trinajstić information content (AvgIpc) is 2.16. The van der Waals surface area contributed by atoms with E-state index in [0.29, 0.717) is 16.3 Å². The van der Waals surface area contributed by atoms with E-state index in [1.807, 2.05) is 0 Å². The van der Waals surface area contributed by atoms with Crippen LogP contribution in [0.25, 0.3) is 6.08 Å². The number of rotatable bonds is 3. The fourth-order valence-corrected chi connectivity index (χ4v) is 1.22. The molecule has 0 N–H and O–H groups in total. The molecule has 0 radical (unpaired) electrons. The Morgan fingerprint density at radius 1 is 1.57 bits per heavy atom. The quantitative estimate of drug-likeness (QED) is 0.573. The molecule has 0 unspecified atom stereocenters. The molecule has 0 spiro atoms. The van der Waals surface area contributed by atoms with Gasteiger partial charge in [0.15, 0.2) is 0 Å². The predicted molar refractivity (Wildman–Crippen MR) is 54.0 cm³/mol. The molecule has 0 fully saturated rings. The van der Waals surface area contributed by atoms with E-state index in [9.17, 15) is 10.1 Å². The zero-order valence-electron chi connectivity index (χ0n) is 7.44. The Labute approximate surface area is 85.9 Å². The molecular formula is C9H8ClNO3.